The fraction of sp³-hybridized carbons (Fsp3) is 0.500. The second-order valence-corrected chi connectivity index (χ2v) is 5.84. The van der Waals surface area contributed by atoms with Gasteiger partial charge in [0.25, 0.3) is 5.91 Å². The van der Waals surface area contributed by atoms with Gasteiger partial charge >= 0.3 is 0 Å². The standard InChI is InChI=1S/C14H20BrNO4/c1-8(17)14(2,3)16-13(18)9-6-10(19-4)12(15)11(7-9)20-5/h6-8,17H,1-5H3,(H,16,18). The lowest BCUT2D eigenvalue weighted by atomic mass is 9.98. The van der Waals surface area contributed by atoms with Crippen molar-refractivity contribution in [2.45, 2.75) is 32.4 Å². The zero-order chi connectivity index (χ0) is 15.5. The predicted octanol–water partition coefficient (Wildman–Crippen LogP) is 2.36. The van der Waals surface area contributed by atoms with Crippen LogP contribution in [0.15, 0.2) is 16.6 Å². The molecular weight excluding hydrogens is 326 g/mol. The lowest BCUT2D eigenvalue weighted by Gasteiger charge is -2.29. The summed E-state index contributed by atoms with van der Waals surface area (Å²) in [6.07, 6.45) is -0.675. The van der Waals surface area contributed by atoms with E-state index in [2.05, 4.69) is 21.2 Å². The molecule has 0 fully saturated rings. The van der Waals surface area contributed by atoms with E-state index >= 15 is 0 Å². The minimum atomic E-state index is -0.732. The number of nitrogens with one attached hydrogen (secondary N) is 1. The molecule has 0 aliphatic rings. The maximum Gasteiger partial charge on any atom is 0.252 e. The van der Waals surface area contributed by atoms with Crippen LogP contribution in [-0.4, -0.2) is 36.9 Å². The number of hydrogen-bond donors (Lipinski definition) is 2. The van der Waals surface area contributed by atoms with Gasteiger partial charge in [-0.3, -0.25) is 4.79 Å². The molecule has 0 spiro atoms. The van der Waals surface area contributed by atoms with Gasteiger partial charge in [-0.25, -0.2) is 0 Å². The van der Waals surface area contributed by atoms with Crippen LogP contribution in [0, 0.1) is 0 Å². The lowest BCUT2D eigenvalue weighted by molar-refractivity contribution is 0.0709. The fourth-order valence-electron chi connectivity index (χ4n) is 1.47. The first-order valence-electron chi connectivity index (χ1n) is 6.15. The molecule has 1 unspecified atom stereocenters. The van der Waals surface area contributed by atoms with Crippen molar-refractivity contribution in [1.82, 2.24) is 5.32 Å². The molecule has 1 atom stereocenters. The third kappa shape index (κ3) is 3.64. The molecule has 1 aromatic carbocycles. The van der Waals surface area contributed by atoms with E-state index < -0.39 is 11.6 Å². The van der Waals surface area contributed by atoms with Crippen molar-refractivity contribution in [1.29, 1.82) is 0 Å². The number of carbonyl (C=O) groups is 1. The van der Waals surface area contributed by atoms with Gasteiger partial charge in [0.05, 0.1) is 25.9 Å². The highest BCUT2D eigenvalue weighted by atomic mass is 79.9. The van der Waals surface area contributed by atoms with Crippen LogP contribution in [-0.2, 0) is 0 Å². The van der Waals surface area contributed by atoms with E-state index in [0.29, 0.717) is 21.5 Å². The summed E-state index contributed by atoms with van der Waals surface area (Å²) in [6, 6.07) is 3.22. The number of carbonyl (C=O) groups excluding carboxylic acids is 1. The summed E-state index contributed by atoms with van der Waals surface area (Å²) in [5.74, 6) is 0.703. The van der Waals surface area contributed by atoms with Crippen LogP contribution in [0.25, 0.3) is 0 Å². The summed E-state index contributed by atoms with van der Waals surface area (Å²) >= 11 is 3.35. The normalized spacial score (nSPS) is 12.8. The number of halogens is 1. The molecule has 0 heterocycles. The molecule has 0 radical (unpaired) electrons. The zero-order valence-corrected chi connectivity index (χ0v) is 13.9. The quantitative estimate of drug-likeness (QED) is 0.859. The van der Waals surface area contributed by atoms with Gasteiger partial charge in [0.1, 0.15) is 16.0 Å². The van der Waals surface area contributed by atoms with Gasteiger partial charge in [-0.1, -0.05) is 0 Å². The first kappa shape index (κ1) is 16.8. The first-order chi connectivity index (χ1) is 9.22. The molecule has 6 heteroatoms. The van der Waals surface area contributed by atoms with Gasteiger partial charge in [-0.15, -0.1) is 0 Å². The summed E-state index contributed by atoms with van der Waals surface area (Å²) < 4.78 is 11.0. The van der Waals surface area contributed by atoms with Crippen molar-refractivity contribution >= 4 is 21.8 Å². The highest BCUT2D eigenvalue weighted by molar-refractivity contribution is 9.10. The van der Waals surface area contributed by atoms with Crippen LogP contribution in [0.4, 0.5) is 0 Å². The Balaban J connectivity index is 3.11. The third-order valence-electron chi connectivity index (χ3n) is 3.19. The van der Waals surface area contributed by atoms with Crippen LogP contribution in [0.5, 0.6) is 11.5 Å². The Bertz CT molecular complexity index is 475. The molecule has 0 bridgehead atoms. The highest BCUT2D eigenvalue weighted by Gasteiger charge is 2.27. The number of aliphatic hydroxyl groups is 1. The molecule has 5 nitrogen and oxygen atoms in total. The highest BCUT2D eigenvalue weighted by Crippen LogP contribution is 2.35. The summed E-state index contributed by atoms with van der Waals surface area (Å²) in [5.41, 5.74) is -0.333. The Labute approximate surface area is 127 Å². The van der Waals surface area contributed by atoms with Crippen molar-refractivity contribution < 1.29 is 19.4 Å². The van der Waals surface area contributed by atoms with E-state index in [9.17, 15) is 9.90 Å². The number of rotatable bonds is 5. The van der Waals surface area contributed by atoms with Crippen LogP contribution in [0.2, 0.25) is 0 Å². The number of amides is 1. The van der Waals surface area contributed by atoms with E-state index in [1.165, 1.54) is 14.2 Å². The van der Waals surface area contributed by atoms with Gasteiger partial charge in [-0.05, 0) is 48.8 Å². The van der Waals surface area contributed by atoms with Gasteiger partial charge in [0, 0.05) is 5.56 Å². The van der Waals surface area contributed by atoms with Crippen LogP contribution >= 0.6 is 15.9 Å². The van der Waals surface area contributed by atoms with Gasteiger partial charge in [0.2, 0.25) is 0 Å². The van der Waals surface area contributed by atoms with Crippen molar-refractivity contribution in [2.75, 3.05) is 14.2 Å². The van der Waals surface area contributed by atoms with Crippen molar-refractivity contribution in [2.24, 2.45) is 0 Å². The molecular formula is C14H20BrNO4. The van der Waals surface area contributed by atoms with E-state index in [0.717, 1.165) is 0 Å². The molecule has 0 saturated carbocycles. The minimum absolute atomic E-state index is 0.306. The van der Waals surface area contributed by atoms with E-state index in [4.69, 9.17) is 9.47 Å². The molecule has 112 valence electrons. The molecule has 0 aliphatic carbocycles. The molecule has 1 aromatic rings. The Morgan fingerprint density at radius 2 is 1.75 bits per heavy atom. The second kappa shape index (κ2) is 6.45. The van der Waals surface area contributed by atoms with Crippen LogP contribution < -0.4 is 14.8 Å². The average Bonchev–Trinajstić information content (AvgIpc) is 2.38. The smallest absolute Gasteiger partial charge is 0.252 e. The number of benzene rings is 1. The molecule has 1 amide bonds. The van der Waals surface area contributed by atoms with Crippen molar-refractivity contribution in [3.63, 3.8) is 0 Å². The molecule has 0 saturated heterocycles. The summed E-state index contributed by atoms with van der Waals surface area (Å²) in [4.78, 5) is 12.3. The molecule has 2 N–H and O–H groups in total. The minimum Gasteiger partial charge on any atom is -0.495 e. The van der Waals surface area contributed by atoms with Crippen molar-refractivity contribution in [3.05, 3.63) is 22.2 Å². The number of ether oxygens (including phenoxy) is 2. The zero-order valence-electron chi connectivity index (χ0n) is 12.3. The van der Waals surface area contributed by atoms with Gasteiger partial charge in [-0.2, -0.15) is 0 Å². The van der Waals surface area contributed by atoms with Crippen molar-refractivity contribution in [3.8, 4) is 11.5 Å². The average molecular weight is 346 g/mol. The summed E-state index contributed by atoms with van der Waals surface area (Å²) in [5, 5.41) is 12.4. The van der Waals surface area contributed by atoms with Gasteiger partial charge < -0.3 is 19.9 Å². The van der Waals surface area contributed by atoms with E-state index in [1.807, 2.05) is 0 Å². The Hall–Kier alpha value is -1.27. The lowest BCUT2D eigenvalue weighted by Crippen LogP contribution is -2.50. The number of aliphatic hydroxyl groups excluding tert-OH is 1. The monoisotopic (exact) mass is 345 g/mol. The summed E-state index contributed by atoms with van der Waals surface area (Å²) in [7, 11) is 3.03. The molecule has 0 aromatic heterocycles. The SMILES string of the molecule is COc1cc(C(=O)NC(C)(C)C(C)O)cc(OC)c1Br. The summed E-state index contributed by atoms with van der Waals surface area (Å²) in [6.45, 7) is 5.13. The third-order valence-corrected chi connectivity index (χ3v) is 3.97. The second-order valence-electron chi connectivity index (χ2n) is 5.05. The topological polar surface area (TPSA) is 67.8 Å². The number of hydrogen-bond acceptors (Lipinski definition) is 4. The maximum absolute atomic E-state index is 12.3. The van der Waals surface area contributed by atoms with E-state index in [1.54, 1.807) is 32.9 Å². The fourth-order valence-corrected chi connectivity index (χ4v) is 2.02. The molecule has 0 aliphatic heterocycles. The Morgan fingerprint density at radius 3 is 2.10 bits per heavy atom. The number of methoxy groups -OCH3 is 2. The van der Waals surface area contributed by atoms with Crippen LogP contribution in [0.1, 0.15) is 31.1 Å². The Morgan fingerprint density at radius 1 is 1.30 bits per heavy atom. The maximum atomic E-state index is 12.3. The Kier molecular flexibility index (Phi) is 5.42. The first-order valence-corrected chi connectivity index (χ1v) is 6.94. The van der Waals surface area contributed by atoms with E-state index in [-0.39, 0.29) is 5.91 Å². The molecule has 20 heavy (non-hydrogen) atoms. The van der Waals surface area contributed by atoms with Gasteiger partial charge in [0.15, 0.2) is 0 Å². The molecule has 1 rings (SSSR count). The largest absolute Gasteiger partial charge is 0.495 e. The predicted molar refractivity (Wildman–Crippen MR) is 80.5 cm³/mol. The van der Waals surface area contributed by atoms with Crippen LogP contribution in [0.3, 0.4) is 0 Å².